The number of hydrogen-bond acceptors (Lipinski definition) is 4. The number of carbonyl (C=O) groups is 2. The van der Waals surface area contributed by atoms with Gasteiger partial charge in [0.25, 0.3) is 0 Å². The number of likely N-dealkylation sites (tertiary alicyclic amines) is 1. The van der Waals surface area contributed by atoms with Gasteiger partial charge in [0, 0.05) is 36.9 Å². The van der Waals surface area contributed by atoms with Crippen LogP contribution in [0, 0.1) is 11.8 Å². The van der Waals surface area contributed by atoms with Crippen LogP contribution < -0.4 is 19.7 Å². The zero-order valence-electron chi connectivity index (χ0n) is 17.2. The summed E-state index contributed by atoms with van der Waals surface area (Å²) in [5, 5.41) is 2.57. The van der Waals surface area contributed by atoms with Gasteiger partial charge >= 0.3 is 18.8 Å². The first-order valence-corrected chi connectivity index (χ1v) is 9.97. The normalized spacial score (nSPS) is 20.4. The Morgan fingerprint density at radius 2 is 1.35 bits per heavy atom. The van der Waals surface area contributed by atoms with Crippen molar-refractivity contribution in [2.75, 3.05) is 29.9 Å². The van der Waals surface area contributed by atoms with Crippen molar-refractivity contribution in [3.8, 4) is 11.5 Å². The fourth-order valence-corrected chi connectivity index (χ4v) is 4.03. The number of anilines is 2. The van der Waals surface area contributed by atoms with Gasteiger partial charge in [-0.1, -0.05) is 0 Å². The van der Waals surface area contributed by atoms with E-state index in [1.807, 2.05) is 0 Å². The summed E-state index contributed by atoms with van der Waals surface area (Å²) >= 11 is 0. The van der Waals surface area contributed by atoms with Gasteiger partial charge in [-0.2, -0.15) is 0 Å². The third-order valence-electron chi connectivity index (χ3n) is 5.45. The molecule has 0 saturated carbocycles. The molecule has 1 N–H and O–H groups in total. The molecule has 2 heterocycles. The smallest absolute Gasteiger partial charge is 0.406 e. The van der Waals surface area contributed by atoms with E-state index in [0.717, 1.165) is 24.3 Å². The first-order chi connectivity index (χ1) is 15.9. The predicted molar refractivity (Wildman–Crippen MR) is 106 cm³/mol. The summed E-state index contributed by atoms with van der Waals surface area (Å²) in [7, 11) is 0. The van der Waals surface area contributed by atoms with Crippen molar-refractivity contribution in [2.24, 2.45) is 11.8 Å². The SMILES string of the molecule is O=C(Nc1ccc(OC(F)(F)F)cc1)N1C[C@@H]2CN(c3ccc(OC(F)(F)F)cc3)C(=O)[C@H]2C1. The molecule has 2 aliphatic rings. The molecule has 13 heteroatoms. The van der Waals surface area contributed by atoms with E-state index in [9.17, 15) is 35.9 Å². The highest BCUT2D eigenvalue weighted by Crippen LogP contribution is 2.36. The van der Waals surface area contributed by atoms with E-state index in [1.54, 1.807) is 0 Å². The van der Waals surface area contributed by atoms with E-state index < -0.39 is 36.2 Å². The van der Waals surface area contributed by atoms with Gasteiger partial charge in [-0.25, -0.2) is 4.79 Å². The van der Waals surface area contributed by atoms with Crippen LogP contribution in [0.4, 0.5) is 42.5 Å². The third-order valence-corrected chi connectivity index (χ3v) is 5.45. The molecule has 3 amide bonds. The lowest BCUT2D eigenvalue weighted by Gasteiger charge is -2.22. The van der Waals surface area contributed by atoms with E-state index in [4.69, 9.17) is 0 Å². The molecule has 2 aromatic carbocycles. The number of carbonyl (C=O) groups excluding carboxylic acids is 2. The van der Waals surface area contributed by atoms with Gasteiger partial charge in [0.15, 0.2) is 0 Å². The van der Waals surface area contributed by atoms with Gasteiger partial charge in [-0.05, 0) is 48.5 Å². The van der Waals surface area contributed by atoms with Gasteiger partial charge in [0.2, 0.25) is 5.91 Å². The van der Waals surface area contributed by atoms with Crippen LogP contribution in [0.1, 0.15) is 0 Å². The number of nitrogens with one attached hydrogen (secondary N) is 1. The molecule has 2 fully saturated rings. The molecule has 2 aliphatic heterocycles. The maximum Gasteiger partial charge on any atom is 0.573 e. The molecule has 0 spiro atoms. The molecule has 2 saturated heterocycles. The number of halogens is 6. The fraction of sp³-hybridized carbons (Fsp3) is 0.333. The minimum Gasteiger partial charge on any atom is -0.406 e. The zero-order valence-corrected chi connectivity index (χ0v) is 17.2. The summed E-state index contributed by atoms with van der Waals surface area (Å²) in [5.41, 5.74) is 0.678. The number of urea groups is 1. The fourth-order valence-electron chi connectivity index (χ4n) is 4.03. The summed E-state index contributed by atoms with van der Waals surface area (Å²) in [6.45, 7) is 0.690. The minimum absolute atomic E-state index is 0.135. The molecule has 2 atom stereocenters. The highest BCUT2D eigenvalue weighted by atomic mass is 19.4. The quantitative estimate of drug-likeness (QED) is 0.637. The Balaban J connectivity index is 1.33. The van der Waals surface area contributed by atoms with Crippen molar-refractivity contribution in [3.63, 3.8) is 0 Å². The Morgan fingerprint density at radius 3 is 1.85 bits per heavy atom. The molecule has 0 unspecified atom stereocenters. The molecule has 34 heavy (non-hydrogen) atoms. The number of hydrogen-bond donors (Lipinski definition) is 1. The highest BCUT2D eigenvalue weighted by Gasteiger charge is 2.48. The van der Waals surface area contributed by atoms with Gasteiger partial charge in [-0.15, -0.1) is 26.3 Å². The summed E-state index contributed by atoms with van der Waals surface area (Å²) in [4.78, 5) is 28.3. The molecular formula is C21H17F6N3O4. The number of rotatable bonds is 4. The molecule has 7 nitrogen and oxygen atoms in total. The monoisotopic (exact) mass is 489 g/mol. The molecule has 182 valence electrons. The van der Waals surface area contributed by atoms with Crippen LogP contribution in [0.2, 0.25) is 0 Å². The Kier molecular flexibility index (Phi) is 5.96. The van der Waals surface area contributed by atoms with Gasteiger partial charge in [-0.3, -0.25) is 4.79 Å². The van der Waals surface area contributed by atoms with Crippen LogP contribution >= 0.6 is 0 Å². The molecule has 4 rings (SSSR count). The molecular weight excluding hydrogens is 472 g/mol. The van der Waals surface area contributed by atoms with E-state index in [2.05, 4.69) is 14.8 Å². The van der Waals surface area contributed by atoms with E-state index >= 15 is 0 Å². The number of ether oxygens (including phenoxy) is 2. The topological polar surface area (TPSA) is 71.1 Å². The molecule has 0 radical (unpaired) electrons. The van der Waals surface area contributed by atoms with Crippen molar-refractivity contribution in [1.29, 1.82) is 0 Å². The molecule has 0 aromatic heterocycles. The average molecular weight is 489 g/mol. The summed E-state index contributed by atoms with van der Waals surface area (Å²) in [6, 6.07) is 9.09. The standard InChI is InChI=1S/C21H17F6N3O4/c22-20(23,24)33-15-5-1-13(2-6-15)28-19(32)29-9-12-10-30(18(31)17(12)11-29)14-3-7-16(8-4-14)34-21(25,26)27/h1-8,12,17H,9-11H2,(H,28,32)/t12-,17+/m1/s1. The van der Waals surface area contributed by atoms with Crippen molar-refractivity contribution in [1.82, 2.24) is 4.90 Å². The Labute approximate surface area is 188 Å². The van der Waals surface area contributed by atoms with Crippen molar-refractivity contribution < 1.29 is 45.4 Å². The van der Waals surface area contributed by atoms with Crippen LogP contribution in [0.15, 0.2) is 48.5 Å². The second kappa shape index (κ2) is 8.61. The molecule has 0 aliphatic carbocycles. The van der Waals surface area contributed by atoms with Crippen LogP contribution in [0.5, 0.6) is 11.5 Å². The number of nitrogens with zero attached hydrogens (tertiary/aromatic N) is 2. The van der Waals surface area contributed by atoms with Crippen LogP contribution in [-0.4, -0.2) is 49.2 Å². The number of benzene rings is 2. The zero-order chi connectivity index (χ0) is 24.7. The lowest BCUT2D eigenvalue weighted by Crippen LogP contribution is -2.37. The Hall–Kier alpha value is -3.64. The Morgan fingerprint density at radius 1 is 0.824 bits per heavy atom. The van der Waals surface area contributed by atoms with Crippen LogP contribution in [0.3, 0.4) is 0 Å². The highest BCUT2D eigenvalue weighted by molar-refractivity contribution is 5.99. The minimum atomic E-state index is -4.82. The lowest BCUT2D eigenvalue weighted by atomic mass is 10.0. The van der Waals surface area contributed by atoms with Gasteiger partial charge in [0.05, 0.1) is 5.92 Å². The average Bonchev–Trinajstić information content (AvgIpc) is 3.28. The predicted octanol–water partition coefficient (Wildman–Crippen LogP) is 4.61. The second-order valence-corrected chi connectivity index (χ2v) is 7.76. The van der Waals surface area contributed by atoms with Gasteiger partial charge in [0.1, 0.15) is 11.5 Å². The Bertz CT molecular complexity index is 1060. The van der Waals surface area contributed by atoms with Crippen LogP contribution in [-0.2, 0) is 4.79 Å². The van der Waals surface area contributed by atoms with Gasteiger partial charge < -0.3 is 24.6 Å². The van der Waals surface area contributed by atoms with Crippen molar-refractivity contribution >= 4 is 23.3 Å². The van der Waals surface area contributed by atoms with Crippen LogP contribution in [0.25, 0.3) is 0 Å². The van der Waals surface area contributed by atoms with Crippen molar-refractivity contribution in [2.45, 2.75) is 12.7 Å². The third kappa shape index (κ3) is 5.46. The summed E-state index contributed by atoms with van der Waals surface area (Å²) in [6.07, 6.45) is -9.64. The van der Waals surface area contributed by atoms with E-state index in [1.165, 1.54) is 34.1 Å². The maximum absolute atomic E-state index is 12.8. The first-order valence-electron chi connectivity index (χ1n) is 9.97. The van der Waals surface area contributed by atoms with Crippen molar-refractivity contribution in [3.05, 3.63) is 48.5 Å². The largest absolute Gasteiger partial charge is 0.573 e. The number of amides is 3. The first kappa shape index (κ1) is 23.5. The number of alkyl halides is 6. The number of fused-ring (bicyclic) bond motifs is 1. The van der Waals surface area contributed by atoms with E-state index in [0.29, 0.717) is 5.69 Å². The second-order valence-electron chi connectivity index (χ2n) is 7.76. The summed E-state index contributed by atoms with van der Waals surface area (Å²) < 4.78 is 81.2. The molecule has 0 bridgehead atoms. The summed E-state index contributed by atoms with van der Waals surface area (Å²) in [5.74, 6) is -1.72. The lowest BCUT2D eigenvalue weighted by molar-refractivity contribution is -0.275. The maximum atomic E-state index is 12.8. The van der Waals surface area contributed by atoms with E-state index in [-0.39, 0.29) is 37.1 Å². The molecule has 2 aromatic rings.